The molecule has 1 unspecified atom stereocenters. The zero-order chi connectivity index (χ0) is 24.1. The Bertz CT molecular complexity index is 1130. The molecule has 9 heteroatoms. The predicted molar refractivity (Wildman–Crippen MR) is 139 cm³/mol. The molecular weight excluding hydrogens is 584 g/mol. The molecule has 0 spiro atoms. The number of benzene rings is 2. The average Bonchev–Trinajstić information content (AvgIpc) is 2.84. The summed E-state index contributed by atoms with van der Waals surface area (Å²) in [6, 6.07) is 21.8. The van der Waals surface area contributed by atoms with Crippen molar-refractivity contribution >= 4 is 55.3 Å². The number of nitrogens with one attached hydrogen (secondary N) is 1. The minimum atomic E-state index is -0.602. The molecule has 1 aliphatic heterocycles. The quantitative estimate of drug-likeness (QED) is 0.335. The minimum Gasteiger partial charge on any atom is -0.344 e. The predicted octanol–water partition coefficient (Wildman–Crippen LogP) is 4.81. The van der Waals surface area contributed by atoms with Gasteiger partial charge in [-0.25, -0.2) is 4.98 Å². The molecule has 1 atom stereocenters. The number of halogens is 3. The largest absolute Gasteiger partial charge is 0.344 e. The Kier molecular flexibility index (Phi) is 8.37. The standard InChI is InChI=1S/C25H23Br2ClN4O2/c26-21-14-17(15-22(27)30-21)16-29-24(33)25(34)32-12-10-31(11-13-32)23(18-4-2-1-3-5-18)19-6-8-20(28)9-7-19/h1-9,14-15,23H,10-13,16H2,(H,29,33). The topological polar surface area (TPSA) is 65.5 Å². The van der Waals surface area contributed by atoms with Gasteiger partial charge in [-0.1, -0.05) is 54.1 Å². The van der Waals surface area contributed by atoms with Crippen molar-refractivity contribution in [3.8, 4) is 0 Å². The number of carbonyl (C=O) groups excluding carboxylic acids is 2. The second-order valence-electron chi connectivity index (χ2n) is 8.00. The summed E-state index contributed by atoms with van der Waals surface area (Å²) in [5.74, 6) is -1.11. The molecule has 0 radical (unpaired) electrons. The van der Waals surface area contributed by atoms with Crippen molar-refractivity contribution in [2.75, 3.05) is 26.2 Å². The third kappa shape index (κ3) is 6.24. The molecule has 4 rings (SSSR count). The van der Waals surface area contributed by atoms with Gasteiger partial charge in [0.1, 0.15) is 9.21 Å². The summed E-state index contributed by atoms with van der Waals surface area (Å²) >= 11 is 12.8. The number of carbonyl (C=O) groups is 2. The van der Waals surface area contributed by atoms with Gasteiger partial charge in [0, 0.05) is 37.7 Å². The molecule has 2 amide bonds. The Balaban J connectivity index is 1.39. The number of pyridine rings is 1. The lowest BCUT2D eigenvalue weighted by Gasteiger charge is -2.39. The molecule has 1 saturated heterocycles. The maximum atomic E-state index is 12.8. The van der Waals surface area contributed by atoms with Crippen LogP contribution in [0.3, 0.4) is 0 Å². The van der Waals surface area contributed by atoms with E-state index in [1.807, 2.05) is 42.5 Å². The Hall–Kier alpha value is -2.26. The van der Waals surface area contributed by atoms with E-state index in [0.29, 0.717) is 40.4 Å². The van der Waals surface area contributed by atoms with Gasteiger partial charge in [-0.15, -0.1) is 0 Å². The first-order valence-electron chi connectivity index (χ1n) is 10.8. The van der Waals surface area contributed by atoms with E-state index >= 15 is 0 Å². The van der Waals surface area contributed by atoms with Crippen LogP contribution in [0.15, 0.2) is 75.9 Å². The van der Waals surface area contributed by atoms with Crippen LogP contribution in [0.1, 0.15) is 22.7 Å². The summed E-state index contributed by atoms with van der Waals surface area (Å²) in [5.41, 5.74) is 3.16. The summed E-state index contributed by atoms with van der Waals surface area (Å²) in [6.07, 6.45) is 0. The maximum absolute atomic E-state index is 12.8. The van der Waals surface area contributed by atoms with Crippen LogP contribution < -0.4 is 5.32 Å². The first-order valence-corrected chi connectivity index (χ1v) is 12.8. The third-order valence-corrected chi connectivity index (χ3v) is 6.80. The number of rotatable bonds is 5. The molecule has 0 aliphatic carbocycles. The van der Waals surface area contributed by atoms with E-state index in [9.17, 15) is 9.59 Å². The second-order valence-corrected chi connectivity index (χ2v) is 10.1. The van der Waals surface area contributed by atoms with E-state index in [4.69, 9.17) is 11.6 Å². The van der Waals surface area contributed by atoms with Gasteiger partial charge in [0.15, 0.2) is 0 Å². The van der Waals surface area contributed by atoms with Gasteiger partial charge in [-0.2, -0.15) is 0 Å². The molecule has 1 fully saturated rings. The number of piperazine rings is 1. The zero-order valence-corrected chi connectivity index (χ0v) is 22.2. The fourth-order valence-corrected chi connectivity index (χ4v) is 5.43. The minimum absolute atomic E-state index is 0.0492. The van der Waals surface area contributed by atoms with Crippen molar-refractivity contribution in [2.45, 2.75) is 12.6 Å². The van der Waals surface area contributed by atoms with Crippen LogP contribution in [-0.2, 0) is 16.1 Å². The van der Waals surface area contributed by atoms with Gasteiger partial charge in [0.05, 0.1) is 6.04 Å². The van der Waals surface area contributed by atoms with Gasteiger partial charge in [0.25, 0.3) is 0 Å². The van der Waals surface area contributed by atoms with Crippen molar-refractivity contribution in [1.29, 1.82) is 0 Å². The summed E-state index contributed by atoms with van der Waals surface area (Å²) in [6.45, 7) is 2.53. The first kappa shape index (κ1) is 24.9. The number of hydrogen-bond acceptors (Lipinski definition) is 4. The molecule has 176 valence electrons. The van der Waals surface area contributed by atoms with Crippen molar-refractivity contribution in [2.24, 2.45) is 0 Å². The van der Waals surface area contributed by atoms with Gasteiger partial charge in [-0.3, -0.25) is 14.5 Å². The van der Waals surface area contributed by atoms with Crippen molar-refractivity contribution in [1.82, 2.24) is 20.1 Å². The smallest absolute Gasteiger partial charge is 0.311 e. The summed E-state index contributed by atoms with van der Waals surface area (Å²) < 4.78 is 1.31. The number of hydrogen-bond donors (Lipinski definition) is 1. The first-order chi connectivity index (χ1) is 16.4. The van der Waals surface area contributed by atoms with Crippen LogP contribution in [0.25, 0.3) is 0 Å². The van der Waals surface area contributed by atoms with Gasteiger partial charge in [-0.05, 0) is 72.8 Å². The lowest BCUT2D eigenvalue weighted by atomic mass is 9.96. The Morgan fingerprint density at radius 1 is 0.912 bits per heavy atom. The van der Waals surface area contributed by atoms with Crippen LogP contribution >= 0.6 is 43.5 Å². The maximum Gasteiger partial charge on any atom is 0.311 e. The van der Waals surface area contributed by atoms with Crippen LogP contribution in [-0.4, -0.2) is 52.8 Å². The van der Waals surface area contributed by atoms with Crippen LogP contribution in [0, 0.1) is 0 Å². The highest BCUT2D eigenvalue weighted by molar-refractivity contribution is 9.11. The molecule has 2 aromatic carbocycles. The molecule has 3 aromatic rings. The molecule has 6 nitrogen and oxygen atoms in total. The van der Waals surface area contributed by atoms with Crippen LogP contribution in [0.5, 0.6) is 0 Å². The molecular formula is C25H23Br2ClN4O2. The molecule has 1 aromatic heterocycles. The fraction of sp³-hybridized carbons (Fsp3) is 0.240. The number of aromatic nitrogens is 1. The molecule has 0 bridgehead atoms. The summed E-state index contributed by atoms with van der Waals surface area (Å²) in [5, 5.41) is 3.41. The lowest BCUT2D eigenvalue weighted by Crippen LogP contribution is -2.53. The van der Waals surface area contributed by atoms with E-state index in [0.717, 1.165) is 11.1 Å². The zero-order valence-electron chi connectivity index (χ0n) is 18.3. The van der Waals surface area contributed by atoms with Crippen molar-refractivity contribution in [3.63, 3.8) is 0 Å². The van der Waals surface area contributed by atoms with Crippen molar-refractivity contribution in [3.05, 3.63) is 97.6 Å². The van der Waals surface area contributed by atoms with E-state index < -0.39 is 11.8 Å². The normalized spacial score (nSPS) is 15.1. The van der Waals surface area contributed by atoms with Gasteiger partial charge >= 0.3 is 11.8 Å². The van der Waals surface area contributed by atoms with E-state index in [1.165, 1.54) is 5.56 Å². The van der Waals surface area contributed by atoms with Crippen LogP contribution in [0.2, 0.25) is 5.02 Å². The molecule has 2 heterocycles. The van der Waals surface area contributed by atoms with E-state index in [-0.39, 0.29) is 12.6 Å². The van der Waals surface area contributed by atoms with Crippen LogP contribution in [0.4, 0.5) is 0 Å². The van der Waals surface area contributed by atoms with E-state index in [1.54, 1.807) is 17.0 Å². The molecule has 1 aliphatic rings. The molecule has 0 saturated carbocycles. The van der Waals surface area contributed by atoms with E-state index in [2.05, 4.69) is 59.2 Å². The molecule has 1 N–H and O–H groups in total. The average molecular weight is 607 g/mol. The number of amides is 2. The highest BCUT2D eigenvalue weighted by atomic mass is 79.9. The van der Waals surface area contributed by atoms with Gasteiger partial charge < -0.3 is 10.2 Å². The summed E-state index contributed by atoms with van der Waals surface area (Å²) in [7, 11) is 0. The Morgan fingerprint density at radius 2 is 1.50 bits per heavy atom. The highest BCUT2D eigenvalue weighted by Gasteiger charge is 2.30. The Morgan fingerprint density at radius 3 is 2.12 bits per heavy atom. The monoisotopic (exact) mass is 604 g/mol. The highest BCUT2D eigenvalue weighted by Crippen LogP contribution is 2.30. The lowest BCUT2D eigenvalue weighted by molar-refractivity contribution is -0.147. The number of nitrogens with zero attached hydrogens (tertiary/aromatic N) is 3. The van der Waals surface area contributed by atoms with Crippen molar-refractivity contribution < 1.29 is 9.59 Å². The SMILES string of the molecule is O=C(NCc1cc(Br)nc(Br)c1)C(=O)N1CCN(C(c2ccccc2)c2ccc(Cl)cc2)CC1. The third-order valence-electron chi connectivity index (χ3n) is 5.74. The molecule has 34 heavy (non-hydrogen) atoms. The Labute approximate surface area is 220 Å². The summed E-state index contributed by atoms with van der Waals surface area (Å²) in [4.78, 5) is 33.4. The second kappa shape index (κ2) is 11.4. The fourth-order valence-electron chi connectivity index (χ4n) is 4.10. The van der Waals surface area contributed by atoms with Gasteiger partial charge in [0.2, 0.25) is 0 Å².